The Labute approximate surface area is 90.9 Å². The Morgan fingerprint density at radius 2 is 2.38 bits per heavy atom. The number of aromatic nitrogens is 1. The van der Waals surface area contributed by atoms with Crippen molar-refractivity contribution in [2.45, 2.75) is 24.1 Å². The summed E-state index contributed by atoms with van der Waals surface area (Å²) in [5.41, 5.74) is 1.17. The quantitative estimate of drug-likeness (QED) is 0.850. The summed E-state index contributed by atoms with van der Waals surface area (Å²) >= 11 is 4.98. The standard InChI is InChI=1S/C9H12BrNOS/c1-6-3-9(11-4-8(6)10)13-7(2)5-12/h3-4,7,12H,5H2,1-2H3. The second-order valence-corrected chi connectivity index (χ2v) is 5.20. The highest BCUT2D eigenvalue weighted by Crippen LogP contribution is 2.24. The molecule has 1 aromatic heterocycles. The van der Waals surface area contributed by atoms with Crippen LogP contribution in [0.15, 0.2) is 21.8 Å². The minimum atomic E-state index is 0.182. The van der Waals surface area contributed by atoms with Gasteiger partial charge in [0.1, 0.15) is 0 Å². The zero-order valence-corrected chi connectivity index (χ0v) is 10.0. The van der Waals surface area contributed by atoms with Gasteiger partial charge in [0, 0.05) is 15.9 Å². The van der Waals surface area contributed by atoms with Gasteiger partial charge in [-0.2, -0.15) is 0 Å². The average Bonchev–Trinajstić information content (AvgIpc) is 2.11. The molecule has 72 valence electrons. The summed E-state index contributed by atoms with van der Waals surface area (Å²) in [6.45, 7) is 4.19. The molecule has 0 amide bonds. The number of aryl methyl sites for hydroxylation is 1. The Kier molecular flexibility index (Phi) is 4.22. The van der Waals surface area contributed by atoms with Crippen molar-refractivity contribution >= 4 is 27.7 Å². The first-order chi connectivity index (χ1) is 6.13. The van der Waals surface area contributed by atoms with Crippen LogP contribution in [0.3, 0.4) is 0 Å². The Hall–Kier alpha value is -0.0600. The van der Waals surface area contributed by atoms with Crippen molar-refractivity contribution in [3.63, 3.8) is 0 Å². The monoisotopic (exact) mass is 261 g/mol. The number of thioether (sulfide) groups is 1. The van der Waals surface area contributed by atoms with Gasteiger partial charge < -0.3 is 5.11 Å². The largest absolute Gasteiger partial charge is 0.395 e. The van der Waals surface area contributed by atoms with Crippen molar-refractivity contribution in [2.75, 3.05) is 6.61 Å². The number of rotatable bonds is 3. The molecule has 0 saturated heterocycles. The fraction of sp³-hybridized carbons (Fsp3) is 0.444. The second-order valence-electron chi connectivity index (χ2n) is 2.88. The molecular weight excluding hydrogens is 250 g/mol. The Bertz CT molecular complexity index is 293. The van der Waals surface area contributed by atoms with Crippen LogP contribution in [-0.2, 0) is 0 Å². The molecule has 2 nitrogen and oxygen atoms in total. The zero-order chi connectivity index (χ0) is 9.84. The van der Waals surface area contributed by atoms with Gasteiger partial charge >= 0.3 is 0 Å². The molecule has 1 heterocycles. The molecule has 1 atom stereocenters. The van der Waals surface area contributed by atoms with Gasteiger partial charge in [-0.25, -0.2) is 4.98 Å². The van der Waals surface area contributed by atoms with Gasteiger partial charge in [-0.1, -0.05) is 6.92 Å². The molecule has 0 aromatic carbocycles. The number of hydrogen-bond acceptors (Lipinski definition) is 3. The van der Waals surface area contributed by atoms with Gasteiger partial charge in [0.2, 0.25) is 0 Å². The van der Waals surface area contributed by atoms with Gasteiger partial charge in [-0.3, -0.25) is 0 Å². The highest BCUT2D eigenvalue weighted by molar-refractivity contribution is 9.10. The van der Waals surface area contributed by atoms with Crippen LogP contribution in [0.5, 0.6) is 0 Å². The normalized spacial score (nSPS) is 12.9. The lowest BCUT2D eigenvalue weighted by atomic mass is 10.3. The smallest absolute Gasteiger partial charge is 0.0966 e. The molecule has 1 aromatic rings. The predicted molar refractivity (Wildman–Crippen MR) is 59.1 cm³/mol. The summed E-state index contributed by atoms with van der Waals surface area (Å²) in [5.74, 6) is 0. The summed E-state index contributed by atoms with van der Waals surface area (Å²) in [6, 6.07) is 2.01. The van der Waals surface area contributed by atoms with Crippen LogP contribution in [0.2, 0.25) is 0 Å². The van der Waals surface area contributed by atoms with E-state index in [-0.39, 0.29) is 11.9 Å². The Balaban J connectivity index is 2.73. The van der Waals surface area contributed by atoms with Crippen molar-refractivity contribution in [1.82, 2.24) is 4.98 Å². The van der Waals surface area contributed by atoms with Crippen LogP contribution >= 0.6 is 27.7 Å². The van der Waals surface area contributed by atoms with Crippen molar-refractivity contribution in [3.8, 4) is 0 Å². The van der Waals surface area contributed by atoms with Crippen LogP contribution in [0.4, 0.5) is 0 Å². The molecule has 0 spiro atoms. The third-order valence-electron chi connectivity index (χ3n) is 1.60. The summed E-state index contributed by atoms with van der Waals surface area (Å²) in [7, 11) is 0. The SMILES string of the molecule is Cc1cc(SC(C)CO)ncc1Br. The first kappa shape index (κ1) is 11.0. The van der Waals surface area contributed by atoms with E-state index in [1.165, 1.54) is 5.56 Å². The van der Waals surface area contributed by atoms with Crippen molar-refractivity contribution < 1.29 is 5.11 Å². The van der Waals surface area contributed by atoms with Crippen LogP contribution in [0.1, 0.15) is 12.5 Å². The molecule has 0 aliphatic rings. The average molecular weight is 262 g/mol. The first-order valence-corrected chi connectivity index (χ1v) is 5.70. The molecule has 1 N–H and O–H groups in total. The topological polar surface area (TPSA) is 33.1 Å². The summed E-state index contributed by atoms with van der Waals surface area (Å²) < 4.78 is 1.02. The molecule has 0 aliphatic heterocycles. The molecular formula is C9H12BrNOS. The molecule has 0 aliphatic carbocycles. The lowest BCUT2D eigenvalue weighted by Crippen LogP contribution is -2.02. The highest BCUT2D eigenvalue weighted by Gasteiger charge is 2.04. The lowest BCUT2D eigenvalue weighted by molar-refractivity contribution is 0.300. The van der Waals surface area contributed by atoms with E-state index in [9.17, 15) is 0 Å². The molecule has 4 heteroatoms. The van der Waals surface area contributed by atoms with Crippen molar-refractivity contribution in [1.29, 1.82) is 0 Å². The Morgan fingerprint density at radius 3 is 2.92 bits per heavy atom. The summed E-state index contributed by atoms with van der Waals surface area (Å²) in [5, 5.41) is 10.0. The number of aliphatic hydroxyl groups is 1. The maximum Gasteiger partial charge on any atom is 0.0966 e. The predicted octanol–water partition coefficient (Wildman–Crippen LogP) is 2.63. The van der Waals surface area contributed by atoms with Gasteiger partial charge in [0.15, 0.2) is 0 Å². The highest BCUT2D eigenvalue weighted by atomic mass is 79.9. The van der Waals surface area contributed by atoms with Gasteiger partial charge in [0.25, 0.3) is 0 Å². The number of nitrogens with zero attached hydrogens (tertiary/aromatic N) is 1. The van der Waals surface area contributed by atoms with E-state index in [0.29, 0.717) is 0 Å². The van der Waals surface area contributed by atoms with Crippen LogP contribution < -0.4 is 0 Å². The van der Waals surface area contributed by atoms with Crippen LogP contribution in [-0.4, -0.2) is 21.9 Å². The second kappa shape index (κ2) is 4.98. The fourth-order valence-corrected chi connectivity index (χ4v) is 1.88. The minimum absolute atomic E-state index is 0.182. The zero-order valence-electron chi connectivity index (χ0n) is 7.62. The minimum Gasteiger partial charge on any atom is -0.395 e. The molecule has 0 radical (unpaired) electrons. The van der Waals surface area contributed by atoms with E-state index in [0.717, 1.165) is 9.50 Å². The number of hydrogen-bond donors (Lipinski definition) is 1. The van der Waals surface area contributed by atoms with Crippen LogP contribution in [0.25, 0.3) is 0 Å². The molecule has 0 bridgehead atoms. The van der Waals surface area contributed by atoms with Gasteiger partial charge in [-0.15, -0.1) is 11.8 Å². The van der Waals surface area contributed by atoms with E-state index in [1.54, 1.807) is 18.0 Å². The van der Waals surface area contributed by atoms with Crippen molar-refractivity contribution in [3.05, 3.63) is 22.3 Å². The van der Waals surface area contributed by atoms with E-state index in [1.807, 2.05) is 19.9 Å². The third kappa shape index (κ3) is 3.29. The Morgan fingerprint density at radius 1 is 1.69 bits per heavy atom. The lowest BCUT2D eigenvalue weighted by Gasteiger charge is -2.07. The van der Waals surface area contributed by atoms with E-state index >= 15 is 0 Å². The van der Waals surface area contributed by atoms with Crippen LogP contribution in [0, 0.1) is 6.92 Å². The number of pyridine rings is 1. The number of halogens is 1. The van der Waals surface area contributed by atoms with Gasteiger partial charge in [0.05, 0.1) is 11.6 Å². The summed E-state index contributed by atoms with van der Waals surface area (Å²) in [6.07, 6.45) is 1.79. The van der Waals surface area contributed by atoms with E-state index in [4.69, 9.17) is 5.11 Å². The molecule has 0 saturated carbocycles. The van der Waals surface area contributed by atoms with E-state index < -0.39 is 0 Å². The molecule has 1 rings (SSSR count). The summed E-state index contributed by atoms with van der Waals surface area (Å²) in [4.78, 5) is 4.23. The van der Waals surface area contributed by atoms with Gasteiger partial charge in [-0.05, 0) is 34.5 Å². The van der Waals surface area contributed by atoms with E-state index in [2.05, 4.69) is 20.9 Å². The third-order valence-corrected chi connectivity index (χ3v) is 3.45. The maximum absolute atomic E-state index is 8.86. The molecule has 0 fully saturated rings. The van der Waals surface area contributed by atoms with Crippen molar-refractivity contribution in [2.24, 2.45) is 0 Å². The maximum atomic E-state index is 8.86. The molecule has 1 unspecified atom stereocenters. The first-order valence-electron chi connectivity index (χ1n) is 4.03. The fourth-order valence-electron chi connectivity index (χ4n) is 0.821. The number of aliphatic hydroxyl groups excluding tert-OH is 1. The molecule has 13 heavy (non-hydrogen) atoms.